The van der Waals surface area contributed by atoms with Crippen LogP contribution < -0.4 is 4.74 Å². The lowest BCUT2D eigenvalue weighted by atomic mass is 10.1. The van der Waals surface area contributed by atoms with E-state index in [1.54, 1.807) is 0 Å². The van der Waals surface area contributed by atoms with Crippen molar-refractivity contribution in [2.75, 3.05) is 27.2 Å². The molecule has 0 radical (unpaired) electrons. The zero-order valence-corrected chi connectivity index (χ0v) is 14.1. The van der Waals surface area contributed by atoms with Crippen LogP contribution in [0.3, 0.4) is 0 Å². The minimum atomic E-state index is 0.337. The first kappa shape index (κ1) is 15.8. The van der Waals surface area contributed by atoms with Crippen LogP contribution in [0, 0.1) is 0 Å². The minimum absolute atomic E-state index is 0.337. The van der Waals surface area contributed by atoms with Crippen molar-refractivity contribution in [3.8, 4) is 5.75 Å². The molecule has 1 fully saturated rings. The molecule has 23 heavy (non-hydrogen) atoms. The highest BCUT2D eigenvalue weighted by molar-refractivity contribution is 5.69. The van der Waals surface area contributed by atoms with Crippen LogP contribution in [0.5, 0.6) is 5.75 Å². The third-order valence-corrected chi connectivity index (χ3v) is 4.44. The highest BCUT2D eigenvalue weighted by Crippen LogP contribution is 2.21. The van der Waals surface area contributed by atoms with Crippen LogP contribution in [0.2, 0.25) is 0 Å². The number of likely N-dealkylation sites (tertiary alicyclic amines) is 1. The molecule has 1 heterocycles. The highest BCUT2D eigenvalue weighted by Gasteiger charge is 2.28. The molecule has 2 aromatic rings. The number of nitrogens with zero attached hydrogens (tertiary/aromatic N) is 1. The van der Waals surface area contributed by atoms with E-state index >= 15 is 0 Å². The van der Waals surface area contributed by atoms with Gasteiger partial charge in [-0.05, 0) is 29.7 Å². The van der Waals surface area contributed by atoms with Crippen molar-refractivity contribution in [2.45, 2.75) is 18.9 Å². The number of quaternary nitrogens is 1. The molecule has 1 saturated heterocycles. The predicted octanol–water partition coefficient (Wildman–Crippen LogP) is 4.47. The number of likely N-dealkylation sites (N-methyl/N-ethyl adjacent to an activating group) is 1. The Kier molecular flexibility index (Phi) is 4.82. The molecule has 2 heteroatoms. The summed E-state index contributed by atoms with van der Waals surface area (Å²) in [5.41, 5.74) is 2.41. The number of ether oxygens (including phenoxy) is 1. The Hall–Kier alpha value is -2.06. The van der Waals surface area contributed by atoms with Crippen molar-refractivity contribution in [2.24, 2.45) is 0 Å². The van der Waals surface area contributed by atoms with Gasteiger partial charge >= 0.3 is 0 Å². The van der Waals surface area contributed by atoms with E-state index in [0.29, 0.717) is 6.10 Å². The fraction of sp³-hybridized carbons (Fsp3) is 0.333. The lowest BCUT2D eigenvalue weighted by Crippen LogP contribution is -2.51. The molecule has 1 unspecified atom stereocenters. The molecule has 1 aliphatic heterocycles. The van der Waals surface area contributed by atoms with Gasteiger partial charge in [0.15, 0.2) is 0 Å². The van der Waals surface area contributed by atoms with Crippen LogP contribution in [0.4, 0.5) is 0 Å². The van der Waals surface area contributed by atoms with Crippen molar-refractivity contribution in [3.05, 3.63) is 65.7 Å². The van der Waals surface area contributed by atoms with E-state index in [2.05, 4.69) is 74.8 Å². The van der Waals surface area contributed by atoms with Gasteiger partial charge in [-0.3, -0.25) is 0 Å². The highest BCUT2D eigenvalue weighted by atomic mass is 16.5. The molecule has 2 nitrogen and oxygen atoms in total. The normalized spacial score (nSPS) is 20.5. The molecular weight excluding hydrogens is 282 g/mol. The summed E-state index contributed by atoms with van der Waals surface area (Å²) in [7, 11) is 4.57. The largest absolute Gasteiger partial charge is 0.485 e. The van der Waals surface area contributed by atoms with E-state index in [-0.39, 0.29) is 0 Å². The number of benzene rings is 2. The second kappa shape index (κ2) is 7.01. The summed E-state index contributed by atoms with van der Waals surface area (Å²) in [6, 6.07) is 18.8. The summed E-state index contributed by atoms with van der Waals surface area (Å²) in [5.74, 6) is 0.980. The molecule has 1 aliphatic rings. The Labute approximate surface area is 139 Å². The van der Waals surface area contributed by atoms with E-state index in [0.717, 1.165) is 23.2 Å². The average molecular weight is 308 g/mol. The van der Waals surface area contributed by atoms with Gasteiger partial charge in [0.25, 0.3) is 0 Å². The molecule has 0 saturated carbocycles. The SMILES string of the molecule is C[N+]1(C)CCCC(Oc2ccc(/C=C/c3ccccc3)cc2)C1. The van der Waals surface area contributed by atoms with Crippen molar-refractivity contribution in [1.29, 1.82) is 0 Å². The smallest absolute Gasteiger partial charge is 0.148 e. The number of piperidine rings is 1. The maximum atomic E-state index is 6.17. The van der Waals surface area contributed by atoms with Gasteiger partial charge < -0.3 is 9.22 Å². The van der Waals surface area contributed by atoms with Gasteiger partial charge in [0.2, 0.25) is 0 Å². The van der Waals surface area contributed by atoms with Crippen LogP contribution in [-0.2, 0) is 0 Å². The van der Waals surface area contributed by atoms with Gasteiger partial charge in [0.1, 0.15) is 18.4 Å². The molecular formula is C21H26NO+. The number of hydrogen-bond donors (Lipinski definition) is 0. The van der Waals surface area contributed by atoms with Crippen LogP contribution in [0.15, 0.2) is 54.6 Å². The fourth-order valence-electron chi connectivity index (χ4n) is 3.18. The van der Waals surface area contributed by atoms with Crippen LogP contribution in [0.1, 0.15) is 24.0 Å². The third-order valence-electron chi connectivity index (χ3n) is 4.44. The van der Waals surface area contributed by atoms with Gasteiger partial charge in [-0.25, -0.2) is 0 Å². The lowest BCUT2D eigenvalue weighted by molar-refractivity contribution is -0.897. The second-order valence-corrected chi connectivity index (χ2v) is 7.04. The Balaban J connectivity index is 1.60. The van der Waals surface area contributed by atoms with Gasteiger partial charge in [-0.1, -0.05) is 54.6 Å². The maximum absolute atomic E-state index is 6.17. The first-order valence-corrected chi connectivity index (χ1v) is 8.43. The zero-order valence-electron chi connectivity index (χ0n) is 14.1. The lowest BCUT2D eigenvalue weighted by Gasteiger charge is -2.37. The van der Waals surface area contributed by atoms with Gasteiger partial charge in [-0.2, -0.15) is 0 Å². The first-order chi connectivity index (χ1) is 11.1. The molecule has 0 bridgehead atoms. The van der Waals surface area contributed by atoms with Crippen LogP contribution in [-0.4, -0.2) is 37.8 Å². The van der Waals surface area contributed by atoms with E-state index in [1.807, 2.05) is 6.07 Å². The van der Waals surface area contributed by atoms with Crippen LogP contribution in [0.25, 0.3) is 12.2 Å². The van der Waals surface area contributed by atoms with E-state index in [1.165, 1.54) is 24.1 Å². The van der Waals surface area contributed by atoms with Crippen LogP contribution >= 0.6 is 0 Å². The van der Waals surface area contributed by atoms with Crippen molar-refractivity contribution in [3.63, 3.8) is 0 Å². The van der Waals surface area contributed by atoms with Crippen molar-refractivity contribution >= 4 is 12.2 Å². The van der Waals surface area contributed by atoms with Gasteiger partial charge in [-0.15, -0.1) is 0 Å². The maximum Gasteiger partial charge on any atom is 0.148 e. The summed E-state index contributed by atoms with van der Waals surface area (Å²) in [6.07, 6.45) is 7.02. The molecule has 0 spiro atoms. The first-order valence-electron chi connectivity index (χ1n) is 8.43. The molecule has 0 N–H and O–H groups in total. The van der Waals surface area contributed by atoms with E-state index < -0.39 is 0 Å². The molecule has 2 aromatic carbocycles. The fourth-order valence-corrected chi connectivity index (χ4v) is 3.18. The topological polar surface area (TPSA) is 9.23 Å². The Bertz CT molecular complexity index is 643. The summed E-state index contributed by atoms with van der Waals surface area (Å²) >= 11 is 0. The summed E-state index contributed by atoms with van der Waals surface area (Å²) < 4.78 is 7.23. The molecule has 1 atom stereocenters. The Morgan fingerprint density at radius 3 is 2.22 bits per heavy atom. The molecule has 0 aromatic heterocycles. The van der Waals surface area contributed by atoms with Gasteiger partial charge in [0, 0.05) is 6.42 Å². The van der Waals surface area contributed by atoms with Gasteiger partial charge in [0.05, 0.1) is 20.6 Å². The summed E-state index contributed by atoms with van der Waals surface area (Å²) in [6.45, 7) is 2.35. The number of hydrogen-bond acceptors (Lipinski definition) is 1. The third kappa shape index (κ3) is 4.70. The molecule has 0 aliphatic carbocycles. The summed E-state index contributed by atoms with van der Waals surface area (Å²) in [4.78, 5) is 0. The quantitative estimate of drug-likeness (QED) is 0.598. The summed E-state index contributed by atoms with van der Waals surface area (Å²) in [5, 5.41) is 0. The monoisotopic (exact) mass is 308 g/mol. The average Bonchev–Trinajstić information content (AvgIpc) is 2.54. The number of rotatable bonds is 4. The molecule has 0 amide bonds. The Morgan fingerprint density at radius 1 is 0.913 bits per heavy atom. The zero-order chi connectivity index (χ0) is 16.1. The van der Waals surface area contributed by atoms with E-state index in [9.17, 15) is 0 Å². The standard InChI is InChI=1S/C21H26NO/c1-22(2)16-6-9-21(17-22)23-20-14-12-19(13-15-20)11-10-18-7-4-3-5-8-18/h3-5,7-8,10-15,21H,6,9,16-17H2,1-2H3/q+1/b11-10+. The minimum Gasteiger partial charge on any atom is -0.485 e. The Morgan fingerprint density at radius 2 is 1.57 bits per heavy atom. The van der Waals surface area contributed by atoms with Crippen molar-refractivity contribution in [1.82, 2.24) is 0 Å². The second-order valence-electron chi connectivity index (χ2n) is 7.04. The predicted molar refractivity (Wildman–Crippen MR) is 97.3 cm³/mol. The molecule has 120 valence electrons. The van der Waals surface area contributed by atoms with E-state index in [4.69, 9.17) is 4.74 Å². The molecule has 3 rings (SSSR count). The van der Waals surface area contributed by atoms with Crippen molar-refractivity contribution < 1.29 is 9.22 Å².